The monoisotopic (exact) mass is 161 g/mol. The molecule has 62 valence electrons. The van der Waals surface area contributed by atoms with E-state index in [9.17, 15) is 0 Å². The van der Waals surface area contributed by atoms with Crippen molar-refractivity contribution in [3.05, 3.63) is 49.3 Å². The molecule has 0 fully saturated rings. The molecule has 3 heteroatoms. The zero-order chi connectivity index (χ0) is 8.65. The lowest BCUT2D eigenvalue weighted by atomic mass is 10.7. The maximum Gasteiger partial charge on any atom is 0.0451 e. The van der Waals surface area contributed by atoms with E-state index in [2.05, 4.69) is 9.97 Å². The van der Waals surface area contributed by atoms with Crippen LogP contribution in [-0.4, -0.2) is 14.5 Å². The fraction of sp³-hybridized carbons (Fsp3) is 0.111. The molecular weight excluding hydrogens is 150 g/mol. The van der Waals surface area contributed by atoms with Crippen LogP contribution in [0, 0.1) is 0 Å². The zero-order valence-corrected chi connectivity index (χ0v) is 6.96. The van der Waals surface area contributed by atoms with Gasteiger partial charge in [-0.1, -0.05) is 0 Å². The van der Waals surface area contributed by atoms with Crippen molar-refractivity contribution in [2.45, 2.75) is 0 Å². The highest BCUT2D eigenvalue weighted by Gasteiger charge is 1.68. The third kappa shape index (κ3) is 3.51. The molecule has 2 heterocycles. The Bertz CT molecular complexity index is 249. The van der Waals surface area contributed by atoms with Crippen LogP contribution in [0.25, 0.3) is 0 Å². The van der Waals surface area contributed by atoms with E-state index in [0.29, 0.717) is 0 Å². The summed E-state index contributed by atoms with van der Waals surface area (Å²) in [6.45, 7) is 0. The summed E-state index contributed by atoms with van der Waals surface area (Å²) in [5.74, 6) is 0. The average molecular weight is 161 g/mol. The van der Waals surface area contributed by atoms with Crippen molar-refractivity contribution in [2.24, 2.45) is 7.05 Å². The molecule has 0 amide bonds. The van der Waals surface area contributed by atoms with Crippen LogP contribution >= 0.6 is 0 Å². The minimum atomic E-state index is 1.64. The van der Waals surface area contributed by atoms with Gasteiger partial charge in [0.15, 0.2) is 0 Å². The van der Waals surface area contributed by atoms with Crippen LogP contribution in [0.4, 0.5) is 0 Å². The van der Waals surface area contributed by atoms with Crippen molar-refractivity contribution in [1.29, 1.82) is 0 Å². The van der Waals surface area contributed by atoms with Crippen molar-refractivity contribution in [2.75, 3.05) is 0 Å². The zero-order valence-electron chi connectivity index (χ0n) is 6.96. The van der Waals surface area contributed by atoms with Gasteiger partial charge < -0.3 is 4.57 Å². The van der Waals surface area contributed by atoms with Gasteiger partial charge in [-0.2, -0.15) is 0 Å². The smallest absolute Gasteiger partial charge is 0.0451 e. The third-order valence-corrected chi connectivity index (χ3v) is 1.23. The highest BCUT2D eigenvalue weighted by Crippen LogP contribution is 1.80. The molecule has 0 aliphatic rings. The van der Waals surface area contributed by atoms with E-state index in [1.54, 1.807) is 24.8 Å². The van der Waals surface area contributed by atoms with E-state index in [0.717, 1.165) is 0 Å². The topological polar surface area (TPSA) is 30.7 Å². The quantitative estimate of drug-likeness (QED) is 0.586. The Kier molecular flexibility index (Phi) is 3.57. The van der Waals surface area contributed by atoms with E-state index in [4.69, 9.17) is 0 Å². The van der Waals surface area contributed by atoms with Gasteiger partial charge in [0.05, 0.1) is 0 Å². The molecule has 0 N–H and O–H groups in total. The van der Waals surface area contributed by atoms with Gasteiger partial charge in [-0.15, -0.1) is 0 Å². The summed E-state index contributed by atoms with van der Waals surface area (Å²) in [6.07, 6.45) is 10.6. The molecule has 2 aromatic heterocycles. The van der Waals surface area contributed by atoms with E-state index in [1.807, 2.05) is 36.1 Å². The standard InChI is InChI=1S/C5H7N.C4H4N2/c1-6-4-2-3-5-6;1-2-6-4-3-5-1/h2-5H,1H3;1-4H. The summed E-state index contributed by atoms with van der Waals surface area (Å²) in [6, 6.07) is 4.00. The molecule has 0 aliphatic carbocycles. The summed E-state index contributed by atoms with van der Waals surface area (Å²) in [4.78, 5) is 7.44. The minimum Gasteiger partial charge on any atom is -0.357 e. The molecule has 0 radical (unpaired) electrons. The van der Waals surface area contributed by atoms with Crippen LogP contribution in [0.3, 0.4) is 0 Å². The number of rotatable bonds is 0. The Balaban J connectivity index is 0.000000120. The third-order valence-electron chi connectivity index (χ3n) is 1.23. The highest BCUT2D eigenvalue weighted by molar-refractivity contribution is 4.88. The fourth-order valence-corrected chi connectivity index (χ4v) is 0.674. The van der Waals surface area contributed by atoms with Crippen LogP contribution in [0.2, 0.25) is 0 Å². The van der Waals surface area contributed by atoms with Crippen molar-refractivity contribution >= 4 is 0 Å². The highest BCUT2D eigenvalue weighted by atomic mass is 14.9. The van der Waals surface area contributed by atoms with Crippen LogP contribution < -0.4 is 0 Å². The second kappa shape index (κ2) is 5.07. The molecule has 0 aliphatic heterocycles. The van der Waals surface area contributed by atoms with Gasteiger partial charge >= 0.3 is 0 Å². The second-order valence-electron chi connectivity index (χ2n) is 2.24. The van der Waals surface area contributed by atoms with Crippen LogP contribution in [-0.2, 0) is 7.05 Å². The normalized spacial score (nSPS) is 8.42. The van der Waals surface area contributed by atoms with Gasteiger partial charge in [-0.3, -0.25) is 9.97 Å². The predicted molar refractivity (Wildman–Crippen MR) is 47.4 cm³/mol. The molecule has 12 heavy (non-hydrogen) atoms. The number of hydrogen-bond acceptors (Lipinski definition) is 2. The maximum atomic E-state index is 3.72. The Morgan fingerprint density at radius 1 is 0.833 bits per heavy atom. The first-order valence-electron chi connectivity index (χ1n) is 3.66. The number of hydrogen-bond donors (Lipinski definition) is 0. The lowest BCUT2D eigenvalue weighted by Gasteiger charge is -1.79. The van der Waals surface area contributed by atoms with Crippen molar-refractivity contribution in [3.8, 4) is 0 Å². The summed E-state index contributed by atoms with van der Waals surface area (Å²) in [5.41, 5.74) is 0. The molecule has 0 unspecified atom stereocenters. The lowest BCUT2D eigenvalue weighted by Crippen LogP contribution is -1.75. The summed E-state index contributed by atoms with van der Waals surface area (Å²) < 4.78 is 2.00. The Morgan fingerprint density at radius 3 is 1.42 bits per heavy atom. The second-order valence-corrected chi connectivity index (χ2v) is 2.24. The molecule has 3 nitrogen and oxygen atoms in total. The molecule has 0 saturated heterocycles. The average Bonchev–Trinajstić information content (AvgIpc) is 2.60. The number of aryl methyl sites for hydroxylation is 1. The van der Waals surface area contributed by atoms with E-state index >= 15 is 0 Å². The molecule has 2 rings (SSSR count). The SMILES string of the molecule is Cn1cccc1.c1cnccn1. The van der Waals surface area contributed by atoms with Gasteiger partial charge in [0.2, 0.25) is 0 Å². The molecule has 0 atom stereocenters. The van der Waals surface area contributed by atoms with Gasteiger partial charge in [0.1, 0.15) is 0 Å². The van der Waals surface area contributed by atoms with Crippen LogP contribution in [0.5, 0.6) is 0 Å². The van der Waals surface area contributed by atoms with Gasteiger partial charge in [-0.05, 0) is 12.1 Å². The largest absolute Gasteiger partial charge is 0.357 e. The first kappa shape index (κ1) is 8.46. The summed E-state index contributed by atoms with van der Waals surface area (Å²) >= 11 is 0. The molecule has 0 spiro atoms. The minimum absolute atomic E-state index is 1.64. The predicted octanol–water partition coefficient (Wildman–Crippen LogP) is 1.50. The maximum absolute atomic E-state index is 3.72. The molecular formula is C9H11N3. The Hall–Kier alpha value is -1.64. The van der Waals surface area contributed by atoms with Gasteiger partial charge in [0.25, 0.3) is 0 Å². The molecule has 0 saturated carbocycles. The summed E-state index contributed by atoms with van der Waals surface area (Å²) in [5, 5.41) is 0. The van der Waals surface area contributed by atoms with E-state index in [-0.39, 0.29) is 0 Å². The van der Waals surface area contributed by atoms with E-state index in [1.165, 1.54) is 0 Å². The number of aromatic nitrogens is 3. The molecule has 0 aromatic carbocycles. The Morgan fingerprint density at radius 2 is 1.25 bits per heavy atom. The van der Waals surface area contributed by atoms with Crippen molar-refractivity contribution in [1.82, 2.24) is 14.5 Å². The first-order chi connectivity index (χ1) is 5.89. The van der Waals surface area contributed by atoms with Crippen molar-refractivity contribution < 1.29 is 0 Å². The van der Waals surface area contributed by atoms with Gasteiger partial charge in [-0.25, -0.2) is 0 Å². The molecule has 2 aromatic rings. The van der Waals surface area contributed by atoms with Crippen LogP contribution in [0.1, 0.15) is 0 Å². The van der Waals surface area contributed by atoms with E-state index < -0.39 is 0 Å². The fourth-order valence-electron chi connectivity index (χ4n) is 0.674. The lowest BCUT2D eigenvalue weighted by molar-refractivity contribution is 0.928. The molecule has 0 bridgehead atoms. The number of nitrogens with zero attached hydrogens (tertiary/aromatic N) is 3. The Labute approximate surface area is 71.7 Å². The first-order valence-corrected chi connectivity index (χ1v) is 3.66. The summed E-state index contributed by atoms with van der Waals surface area (Å²) in [7, 11) is 2.00. The van der Waals surface area contributed by atoms with Crippen molar-refractivity contribution in [3.63, 3.8) is 0 Å². The van der Waals surface area contributed by atoms with Gasteiger partial charge in [0, 0.05) is 44.2 Å². The van der Waals surface area contributed by atoms with Crippen LogP contribution in [0.15, 0.2) is 49.3 Å².